The van der Waals surface area contributed by atoms with E-state index in [0.29, 0.717) is 12.0 Å². The Bertz CT molecular complexity index is 267. The summed E-state index contributed by atoms with van der Waals surface area (Å²) in [6.07, 6.45) is 8.28. The first-order chi connectivity index (χ1) is 8.22. The Labute approximate surface area is 104 Å². The molecule has 0 aliphatic heterocycles. The molecule has 0 heterocycles. The summed E-state index contributed by atoms with van der Waals surface area (Å²) in [5, 5.41) is 12.8. The zero-order valence-corrected chi connectivity index (χ0v) is 10.8. The quantitative estimate of drug-likeness (QED) is 0.775. The van der Waals surface area contributed by atoms with Crippen LogP contribution in [0.3, 0.4) is 0 Å². The average Bonchev–Trinajstić information content (AvgIpc) is 2.94. The number of carboxylic acid groups (broad SMARTS) is 1. The maximum absolute atomic E-state index is 11.1. The van der Waals surface area contributed by atoms with E-state index in [1.54, 1.807) is 0 Å². The molecule has 0 saturated heterocycles. The topological polar surface area (TPSA) is 49.3 Å². The van der Waals surface area contributed by atoms with E-state index >= 15 is 0 Å². The van der Waals surface area contributed by atoms with Gasteiger partial charge in [0.1, 0.15) is 0 Å². The van der Waals surface area contributed by atoms with E-state index < -0.39 is 5.97 Å². The first kappa shape index (κ1) is 12.9. The van der Waals surface area contributed by atoms with Gasteiger partial charge in [-0.1, -0.05) is 26.2 Å². The Morgan fingerprint density at radius 3 is 2.59 bits per heavy atom. The summed E-state index contributed by atoms with van der Waals surface area (Å²) in [6.45, 7) is 3.18. The molecule has 0 radical (unpaired) electrons. The maximum atomic E-state index is 11.1. The fraction of sp³-hybridized carbons (Fsp3) is 0.929. The average molecular weight is 239 g/mol. The molecular weight excluding hydrogens is 214 g/mol. The molecular formula is C14H25NO2. The molecule has 2 N–H and O–H groups in total. The fourth-order valence-corrected chi connectivity index (χ4v) is 3.70. The van der Waals surface area contributed by atoms with Gasteiger partial charge in [0.2, 0.25) is 0 Å². The summed E-state index contributed by atoms with van der Waals surface area (Å²) in [5.74, 6) is 0.502. The van der Waals surface area contributed by atoms with Crippen molar-refractivity contribution in [1.82, 2.24) is 5.32 Å². The molecule has 98 valence electrons. The van der Waals surface area contributed by atoms with Crippen molar-refractivity contribution in [2.45, 2.75) is 57.9 Å². The fourth-order valence-electron chi connectivity index (χ4n) is 3.70. The third-order valence-electron chi connectivity index (χ3n) is 4.80. The van der Waals surface area contributed by atoms with E-state index in [2.05, 4.69) is 12.2 Å². The van der Waals surface area contributed by atoms with Crippen LogP contribution in [0.25, 0.3) is 0 Å². The molecule has 17 heavy (non-hydrogen) atoms. The molecule has 2 fully saturated rings. The van der Waals surface area contributed by atoms with Crippen LogP contribution in [0, 0.1) is 17.8 Å². The summed E-state index contributed by atoms with van der Waals surface area (Å²) in [6, 6.07) is 0.648. The van der Waals surface area contributed by atoms with Crippen molar-refractivity contribution < 1.29 is 9.90 Å². The Kier molecular flexibility index (Phi) is 4.43. The molecule has 2 rings (SSSR count). The molecule has 0 aromatic rings. The van der Waals surface area contributed by atoms with Crippen LogP contribution in [0.1, 0.15) is 51.9 Å². The molecule has 0 aromatic heterocycles. The molecule has 3 nitrogen and oxygen atoms in total. The van der Waals surface area contributed by atoms with E-state index in [1.807, 2.05) is 0 Å². The molecule has 0 amide bonds. The van der Waals surface area contributed by atoms with Crippen LogP contribution in [-0.4, -0.2) is 23.7 Å². The lowest BCUT2D eigenvalue weighted by atomic mass is 9.94. The van der Waals surface area contributed by atoms with Gasteiger partial charge in [-0.2, -0.15) is 0 Å². The van der Waals surface area contributed by atoms with Crippen LogP contribution in [-0.2, 0) is 4.79 Å². The molecule has 0 bridgehead atoms. The van der Waals surface area contributed by atoms with Gasteiger partial charge in [-0.25, -0.2) is 0 Å². The molecule has 4 atom stereocenters. The summed E-state index contributed by atoms with van der Waals surface area (Å²) in [4.78, 5) is 11.1. The predicted molar refractivity (Wildman–Crippen MR) is 67.9 cm³/mol. The van der Waals surface area contributed by atoms with Crippen LogP contribution >= 0.6 is 0 Å². The minimum Gasteiger partial charge on any atom is -0.481 e. The normalized spacial score (nSPS) is 37.5. The lowest BCUT2D eigenvalue weighted by Crippen LogP contribution is -2.37. The summed E-state index contributed by atoms with van der Waals surface area (Å²) in [5.41, 5.74) is 0. The van der Waals surface area contributed by atoms with Gasteiger partial charge in [0, 0.05) is 6.04 Å². The van der Waals surface area contributed by atoms with Crippen LogP contribution in [0.2, 0.25) is 0 Å². The van der Waals surface area contributed by atoms with Gasteiger partial charge in [0.15, 0.2) is 0 Å². The number of nitrogens with one attached hydrogen (secondary N) is 1. The smallest absolute Gasteiger partial charge is 0.306 e. The van der Waals surface area contributed by atoms with Gasteiger partial charge in [0.05, 0.1) is 5.92 Å². The monoisotopic (exact) mass is 239 g/mol. The first-order valence-electron chi connectivity index (χ1n) is 7.18. The van der Waals surface area contributed by atoms with Crippen molar-refractivity contribution in [2.24, 2.45) is 17.8 Å². The van der Waals surface area contributed by atoms with E-state index in [1.165, 1.54) is 25.7 Å². The zero-order chi connectivity index (χ0) is 12.3. The highest BCUT2D eigenvalue weighted by Crippen LogP contribution is 2.33. The third-order valence-corrected chi connectivity index (χ3v) is 4.80. The highest BCUT2D eigenvalue weighted by atomic mass is 16.4. The first-order valence-corrected chi connectivity index (χ1v) is 7.18. The van der Waals surface area contributed by atoms with Crippen LogP contribution in [0.5, 0.6) is 0 Å². The van der Waals surface area contributed by atoms with Gasteiger partial charge in [-0.05, 0) is 44.1 Å². The maximum Gasteiger partial charge on any atom is 0.306 e. The summed E-state index contributed by atoms with van der Waals surface area (Å²) in [7, 11) is 0. The Morgan fingerprint density at radius 2 is 1.88 bits per heavy atom. The zero-order valence-electron chi connectivity index (χ0n) is 10.8. The minimum absolute atomic E-state index is 0.0935. The van der Waals surface area contributed by atoms with Gasteiger partial charge in [-0.3, -0.25) is 4.79 Å². The second kappa shape index (κ2) is 5.85. The van der Waals surface area contributed by atoms with Crippen molar-refractivity contribution in [2.75, 3.05) is 6.54 Å². The third kappa shape index (κ3) is 3.01. The van der Waals surface area contributed by atoms with Gasteiger partial charge in [0.25, 0.3) is 0 Å². The van der Waals surface area contributed by atoms with Crippen LogP contribution in [0.4, 0.5) is 0 Å². The Balaban J connectivity index is 1.79. The van der Waals surface area contributed by atoms with Crippen molar-refractivity contribution in [1.29, 1.82) is 0 Å². The van der Waals surface area contributed by atoms with Gasteiger partial charge in [-0.15, -0.1) is 0 Å². The standard InChI is InChI=1S/C14H25NO2/c1-2-10-5-4-8-13(10)15-9-11-6-3-7-12(11)14(16)17/h10-13,15H,2-9H2,1H3,(H,16,17). The molecule has 3 heteroatoms. The Morgan fingerprint density at radius 1 is 1.18 bits per heavy atom. The largest absolute Gasteiger partial charge is 0.481 e. The molecule has 2 saturated carbocycles. The molecule has 0 aromatic carbocycles. The highest BCUT2D eigenvalue weighted by Gasteiger charge is 2.34. The van der Waals surface area contributed by atoms with Crippen molar-refractivity contribution in [3.8, 4) is 0 Å². The summed E-state index contributed by atoms with van der Waals surface area (Å²) < 4.78 is 0. The highest BCUT2D eigenvalue weighted by molar-refractivity contribution is 5.70. The van der Waals surface area contributed by atoms with Crippen molar-refractivity contribution in [3.63, 3.8) is 0 Å². The predicted octanol–water partition coefficient (Wildman–Crippen LogP) is 2.66. The lowest BCUT2D eigenvalue weighted by Gasteiger charge is -2.23. The number of carbonyl (C=O) groups is 1. The second-order valence-corrected chi connectivity index (χ2v) is 5.75. The molecule has 2 aliphatic rings. The number of aliphatic carboxylic acids is 1. The van der Waals surface area contributed by atoms with Gasteiger partial charge >= 0.3 is 5.97 Å². The number of hydrogen-bond acceptors (Lipinski definition) is 2. The molecule has 4 unspecified atom stereocenters. The number of hydrogen-bond donors (Lipinski definition) is 2. The number of carboxylic acids is 1. The van der Waals surface area contributed by atoms with E-state index in [9.17, 15) is 4.79 Å². The van der Waals surface area contributed by atoms with Crippen molar-refractivity contribution >= 4 is 5.97 Å². The number of rotatable bonds is 5. The van der Waals surface area contributed by atoms with E-state index in [4.69, 9.17) is 5.11 Å². The van der Waals surface area contributed by atoms with Gasteiger partial charge < -0.3 is 10.4 Å². The van der Waals surface area contributed by atoms with E-state index in [-0.39, 0.29) is 5.92 Å². The van der Waals surface area contributed by atoms with E-state index in [0.717, 1.165) is 31.7 Å². The van der Waals surface area contributed by atoms with Crippen molar-refractivity contribution in [3.05, 3.63) is 0 Å². The SMILES string of the molecule is CCC1CCCC1NCC1CCCC1C(=O)O. The lowest BCUT2D eigenvalue weighted by molar-refractivity contribution is -0.142. The summed E-state index contributed by atoms with van der Waals surface area (Å²) >= 11 is 0. The minimum atomic E-state index is -0.590. The molecule has 0 spiro atoms. The second-order valence-electron chi connectivity index (χ2n) is 5.75. The Hall–Kier alpha value is -0.570. The van der Waals surface area contributed by atoms with Crippen LogP contribution in [0.15, 0.2) is 0 Å². The van der Waals surface area contributed by atoms with Crippen LogP contribution < -0.4 is 5.32 Å². The molecule has 2 aliphatic carbocycles.